The summed E-state index contributed by atoms with van der Waals surface area (Å²) in [6, 6.07) is 10.3. The first kappa shape index (κ1) is 19.5. The first-order valence-corrected chi connectivity index (χ1v) is 7.67. The number of rotatable bonds is 6. The number of ether oxygens (including phenoxy) is 1. The molecule has 0 heterocycles. The average molecular weight is 366 g/mol. The van der Waals surface area contributed by atoms with E-state index in [0.29, 0.717) is 6.61 Å². The molecule has 0 spiro atoms. The highest BCUT2D eigenvalue weighted by atomic mass is 19.4. The number of halogens is 3. The van der Waals surface area contributed by atoms with Gasteiger partial charge in [0.2, 0.25) is 0 Å². The number of para-hydroxylation sites is 1. The predicted molar refractivity (Wildman–Crippen MR) is 90.0 cm³/mol. The van der Waals surface area contributed by atoms with Gasteiger partial charge in [-0.3, -0.25) is 9.59 Å². The van der Waals surface area contributed by atoms with Crippen LogP contribution in [0.3, 0.4) is 0 Å². The second-order valence-electron chi connectivity index (χ2n) is 5.33. The van der Waals surface area contributed by atoms with Crippen LogP contribution in [0.15, 0.2) is 48.5 Å². The fourth-order valence-electron chi connectivity index (χ4n) is 2.18. The van der Waals surface area contributed by atoms with Crippen LogP contribution in [-0.4, -0.2) is 32.1 Å². The van der Waals surface area contributed by atoms with Crippen LogP contribution in [0.4, 0.5) is 18.9 Å². The van der Waals surface area contributed by atoms with E-state index < -0.39 is 23.6 Å². The van der Waals surface area contributed by atoms with Gasteiger partial charge in [0.25, 0.3) is 11.8 Å². The summed E-state index contributed by atoms with van der Waals surface area (Å²) < 4.78 is 43.2. The van der Waals surface area contributed by atoms with Gasteiger partial charge in [-0.2, -0.15) is 13.2 Å². The second-order valence-corrected chi connectivity index (χ2v) is 5.33. The summed E-state index contributed by atoms with van der Waals surface area (Å²) >= 11 is 0. The van der Waals surface area contributed by atoms with Gasteiger partial charge in [-0.25, -0.2) is 0 Å². The molecule has 0 unspecified atom stereocenters. The average Bonchev–Trinajstić information content (AvgIpc) is 2.61. The predicted octanol–water partition coefficient (Wildman–Crippen LogP) is 3.33. The van der Waals surface area contributed by atoms with Gasteiger partial charge in [-0.15, -0.1) is 0 Å². The van der Waals surface area contributed by atoms with E-state index in [2.05, 4.69) is 10.6 Å². The van der Waals surface area contributed by atoms with Crippen molar-refractivity contribution in [3.05, 3.63) is 65.2 Å². The molecule has 0 atom stereocenters. The molecule has 0 aliphatic carbocycles. The van der Waals surface area contributed by atoms with Crippen LogP contribution < -0.4 is 10.6 Å². The van der Waals surface area contributed by atoms with Crippen molar-refractivity contribution < 1.29 is 27.5 Å². The number of carbonyl (C=O) groups excluding carboxylic acids is 2. The lowest BCUT2D eigenvalue weighted by molar-refractivity contribution is -0.137. The number of anilines is 1. The molecule has 138 valence electrons. The molecule has 26 heavy (non-hydrogen) atoms. The van der Waals surface area contributed by atoms with Gasteiger partial charge in [-0.1, -0.05) is 18.2 Å². The number of alkyl halides is 3. The molecule has 0 saturated carbocycles. The Morgan fingerprint density at radius 2 is 1.77 bits per heavy atom. The van der Waals surface area contributed by atoms with Gasteiger partial charge in [-0.05, 0) is 30.3 Å². The minimum Gasteiger partial charge on any atom is -0.383 e. The maximum atomic E-state index is 12.8. The SMILES string of the molecule is COCCNC(=O)c1ccccc1NC(=O)c1cccc(C(F)(F)F)c1. The molecule has 0 aliphatic heterocycles. The van der Waals surface area contributed by atoms with Crippen LogP contribution in [0.25, 0.3) is 0 Å². The summed E-state index contributed by atoms with van der Waals surface area (Å²) in [5.41, 5.74) is -0.682. The highest BCUT2D eigenvalue weighted by Crippen LogP contribution is 2.29. The van der Waals surface area contributed by atoms with Gasteiger partial charge >= 0.3 is 6.18 Å². The Morgan fingerprint density at radius 1 is 1.04 bits per heavy atom. The van der Waals surface area contributed by atoms with E-state index in [0.717, 1.165) is 18.2 Å². The number of nitrogens with one attached hydrogen (secondary N) is 2. The quantitative estimate of drug-likeness (QED) is 0.771. The lowest BCUT2D eigenvalue weighted by atomic mass is 10.1. The monoisotopic (exact) mass is 366 g/mol. The summed E-state index contributed by atoms with van der Waals surface area (Å²) in [7, 11) is 1.50. The zero-order chi connectivity index (χ0) is 19.2. The Morgan fingerprint density at radius 3 is 2.46 bits per heavy atom. The van der Waals surface area contributed by atoms with E-state index in [-0.39, 0.29) is 23.4 Å². The van der Waals surface area contributed by atoms with Crippen LogP contribution in [0.1, 0.15) is 26.3 Å². The van der Waals surface area contributed by atoms with Crippen molar-refractivity contribution in [1.82, 2.24) is 5.32 Å². The fraction of sp³-hybridized carbons (Fsp3) is 0.222. The van der Waals surface area contributed by atoms with E-state index in [4.69, 9.17) is 4.74 Å². The largest absolute Gasteiger partial charge is 0.416 e. The van der Waals surface area contributed by atoms with Crippen molar-refractivity contribution in [3.63, 3.8) is 0 Å². The van der Waals surface area contributed by atoms with Crippen LogP contribution >= 0.6 is 0 Å². The molecule has 0 saturated heterocycles. The molecular weight excluding hydrogens is 349 g/mol. The summed E-state index contributed by atoms with van der Waals surface area (Å²) in [6.07, 6.45) is -4.55. The summed E-state index contributed by atoms with van der Waals surface area (Å²) in [6.45, 7) is 0.607. The van der Waals surface area contributed by atoms with Crippen LogP contribution in [0, 0.1) is 0 Å². The smallest absolute Gasteiger partial charge is 0.383 e. The number of amides is 2. The lowest BCUT2D eigenvalue weighted by Crippen LogP contribution is -2.28. The van der Waals surface area contributed by atoms with Crippen molar-refractivity contribution in [2.24, 2.45) is 0 Å². The number of carbonyl (C=O) groups is 2. The number of hydrogen-bond acceptors (Lipinski definition) is 3. The zero-order valence-electron chi connectivity index (χ0n) is 13.9. The first-order valence-electron chi connectivity index (χ1n) is 7.67. The third-order valence-corrected chi connectivity index (χ3v) is 3.46. The molecule has 5 nitrogen and oxygen atoms in total. The Hall–Kier alpha value is -2.87. The lowest BCUT2D eigenvalue weighted by Gasteiger charge is -2.12. The van der Waals surface area contributed by atoms with E-state index in [1.807, 2.05) is 0 Å². The molecular formula is C18H17F3N2O3. The van der Waals surface area contributed by atoms with E-state index >= 15 is 0 Å². The van der Waals surface area contributed by atoms with Gasteiger partial charge in [0.05, 0.1) is 23.4 Å². The van der Waals surface area contributed by atoms with Crippen LogP contribution in [0.2, 0.25) is 0 Å². The maximum absolute atomic E-state index is 12.8. The first-order chi connectivity index (χ1) is 12.3. The maximum Gasteiger partial charge on any atom is 0.416 e. The minimum atomic E-state index is -4.55. The molecule has 0 fully saturated rings. The van der Waals surface area contributed by atoms with Crippen LogP contribution in [-0.2, 0) is 10.9 Å². The number of hydrogen-bond donors (Lipinski definition) is 2. The molecule has 2 rings (SSSR count). The van der Waals surface area contributed by atoms with Gasteiger partial charge in [0.1, 0.15) is 0 Å². The fourth-order valence-corrected chi connectivity index (χ4v) is 2.18. The van der Waals surface area contributed by atoms with Crippen molar-refractivity contribution >= 4 is 17.5 Å². The Labute approximate surface area is 148 Å². The van der Waals surface area contributed by atoms with Crippen molar-refractivity contribution in [3.8, 4) is 0 Å². The normalized spacial score (nSPS) is 11.1. The van der Waals surface area contributed by atoms with E-state index in [9.17, 15) is 22.8 Å². The molecule has 2 amide bonds. The van der Waals surface area contributed by atoms with E-state index in [1.165, 1.54) is 25.3 Å². The Balaban J connectivity index is 2.18. The minimum absolute atomic E-state index is 0.158. The summed E-state index contributed by atoms with van der Waals surface area (Å²) in [5, 5.41) is 5.10. The highest BCUT2D eigenvalue weighted by molar-refractivity contribution is 6.09. The molecule has 0 aliphatic rings. The molecule has 2 N–H and O–H groups in total. The zero-order valence-corrected chi connectivity index (χ0v) is 13.9. The number of methoxy groups -OCH3 is 1. The number of benzene rings is 2. The second kappa shape index (κ2) is 8.48. The van der Waals surface area contributed by atoms with Gasteiger partial charge in [0, 0.05) is 19.2 Å². The Bertz CT molecular complexity index is 791. The van der Waals surface area contributed by atoms with Crippen molar-refractivity contribution in [1.29, 1.82) is 0 Å². The molecule has 0 aromatic heterocycles. The summed E-state index contributed by atoms with van der Waals surface area (Å²) in [5.74, 6) is -1.17. The van der Waals surface area contributed by atoms with Gasteiger partial charge in [0.15, 0.2) is 0 Å². The van der Waals surface area contributed by atoms with E-state index in [1.54, 1.807) is 12.1 Å². The van der Waals surface area contributed by atoms with Crippen molar-refractivity contribution in [2.45, 2.75) is 6.18 Å². The topological polar surface area (TPSA) is 67.4 Å². The highest BCUT2D eigenvalue weighted by Gasteiger charge is 2.31. The molecule has 2 aromatic carbocycles. The molecule has 8 heteroatoms. The van der Waals surface area contributed by atoms with Crippen LogP contribution in [0.5, 0.6) is 0 Å². The third kappa shape index (κ3) is 5.06. The van der Waals surface area contributed by atoms with Crippen molar-refractivity contribution in [2.75, 3.05) is 25.6 Å². The Kier molecular flexibility index (Phi) is 6.35. The third-order valence-electron chi connectivity index (χ3n) is 3.46. The summed E-state index contributed by atoms with van der Waals surface area (Å²) in [4.78, 5) is 24.5. The molecule has 0 radical (unpaired) electrons. The molecule has 0 bridgehead atoms. The standard InChI is InChI=1S/C18H17F3N2O3/c1-26-10-9-22-17(25)14-7-2-3-8-15(14)23-16(24)12-5-4-6-13(11-12)18(19,20)21/h2-8,11H,9-10H2,1H3,(H,22,25)(H,23,24). The molecule has 2 aromatic rings. The van der Waals surface area contributed by atoms with Gasteiger partial charge < -0.3 is 15.4 Å².